The predicted octanol–water partition coefficient (Wildman–Crippen LogP) is 2.34. The van der Waals surface area contributed by atoms with E-state index >= 15 is 0 Å². The first-order valence-electron chi connectivity index (χ1n) is 7.07. The summed E-state index contributed by atoms with van der Waals surface area (Å²) in [5.41, 5.74) is 7.94. The lowest BCUT2D eigenvalue weighted by Crippen LogP contribution is -2.41. The number of piperidine rings is 1. The fourth-order valence-corrected chi connectivity index (χ4v) is 3.03. The normalized spacial score (nSPS) is 19.8. The van der Waals surface area contributed by atoms with Crippen LogP contribution < -0.4 is 10.6 Å². The van der Waals surface area contributed by atoms with Crippen molar-refractivity contribution >= 4 is 16.6 Å². The molecule has 19 heavy (non-hydrogen) atoms. The third-order valence-electron chi connectivity index (χ3n) is 3.96. The van der Waals surface area contributed by atoms with Gasteiger partial charge in [-0.1, -0.05) is 18.2 Å². The lowest BCUT2D eigenvalue weighted by atomic mass is 9.98. The molecule has 1 fully saturated rings. The molecule has 4 heteroatoms. The molecule has 1 unspecified atom stereocenters. The molecule has 4 nitrogen and oxygen atoms in total. The Labute approximate surface area is 113 Å². The number of rotatable bonds is 3. The Morgan fingerprint density at radius 1 is 1.26 bits per heavy atom. The van der Waals surface area contributed by atoms with Crippen molar-refractivity contribution in [1.82, 2.24) is 10.2 Å². The molecule has 100 valence electrons. The van der Waals surface area contributed by atoms with Gasteiger partial charge in [-0.2, -0.15) is 10.2 Å². The first-order chi connectivity index (χ1) is 9.40. The van der Waals surface area contributed by atoms with Gasteiger partial charge in [0.15, 0.2) is 0 Å². The lowest BCUT2D eigenvalue weighted by molar-refractivity contribution is 0.442. The summed E-state index contributed by atoms with van der Waals surface area (Å²) in [5.74, 6) is 0. The average Bonchev–Trinajstić information content (AvgIpc) is 2.48. The first-order valence-corrected chi connectivity index (χ1v) is 7.07. The van der Waals surface area contributed by atoms with Gasteiger partial charge in [-0.3, -0.25) is 0 Å². The van der Waals surface area contributed by atoms with E-state index in [4.69, 9.17) is 5.73 Å². The van der Waals surface area contributed by atoms with Gasteiger partial charge >= 0.3 is 0 Å². The number of aromatic nitrogens is 2. The van der Waals surface area contributed by atoms with E-state index in [1.807, 2.05) is 18.3 Å². The summed E-state index contributed by atoms with van der Waals surface area (Å²) in [6.07, 6.45) is 6.73. The van der Waals surface area contributed by atoms with Crippen molar-refractivity contribution in [3.05, 3.63) is 30.5 Å². The van der Waals surface area contributed by atoms with Crippen molar-refractivity contribution in [2.45, 2.75) is 31.7 Å². The van der Waals surface area contributed by atoms with Gasteiger partial charge in [-0.15, -0.1) is 0 Å². The van der Waals surface area contributed by atoms with Crippen LogP contribution in [-0.2, 0) is 0 Å². The zero-order valence-electron chi connectivity index (χ0n) is 11.1. The highest BCUT2D eigenvalue weighted by molar-refractivity contribution is 5.90. The van der Waals surface area contributed by atoms with Gasteiger partial charge in [0.1, 0.15) is 0 Å². The van der Waals surface area contributed by atoms with E-state index in [-0.39, 0.29) is 0 Å². The molecule has 3 rings (SSSR count). The van der Waals surface area contributed by atoms with Crippen molar-refractivity contribution in [1.29, 1.82) is 0 Å². The van der Waals surface area contributed by atoms with Crippen molar-refractivity contribution in [3.8, 4) is 0 Å². The van der Waals surface area contributed by atoms with E-state index in [0.717, 1.165) is 25.0 Å². The van der Waals surface area contributed by atoms with Crippen molar-refractivity contribution in [2.24, 2.45) is 5.73 Å². The SMILES string of the molecule is NCCC1CCCCN1c1cnnc2ccccc12. The van der Waals surface area contributed by atoms with Crippen LogP contribution in [0.1, 0.15) is 25.7 Å². The molecule has 0 radical (unpaired) electrons. The topological polar surface area (TPSA) is 55.0 Å². The van der Waals surface area contributed by atoms with E-state index in [1.165, 1.54) is 30.3 Å². The van der Waals surface area contributed by atoms with Crippen LogP contribution in [0, 0.1) is 0 Å². The predicted molar refractivity (Wildman–Crippen MR) is 78.2 cm³/mol. The molecule has 1 saturated heterocycles. The maximum Gasteiger partial charge on any atom is 0.0950 e. The minimum atomic E-state index is 0.548. The molecule has 2 N–H and O–H groups in total. The maximum absolute atomic E-state index is 5.76. The van der Waals surface area contributed by atoms with Crippen LogP contribution in [0.25, 0.3) is 10.9 Å². The number of hydrogen-bond donors (Lipinski definition) is 1. The third kappa shape index (κ3) is 2.40. The second kappa shape index (κ2) is 5.53. The minimum Gasteiger partial charge on any atom is -0.367 e. The first kappa shape index (κ1) is 12.4. The standard InChI is InChI=1S/C15H20N4/c16-9-8-12-5-3-4-10-19(12)15-11-17-18-14-7-2-1-6-13(14)15/h1-2,6-7,11-12H,3-5,8-10,16H2. The van der Waals surface area contributed by atoms with Crippen molar-refractivity contribution < 1.29 is 0 Å². The quantitative estimate of drug-likeness (QED) is 0.915. The molecular formula is C15H20N4. The fourth-order valence-electron chi connectivity index (χ4n) is 3.03. The molecule has 2 heterocycles. The van der Waals surface area contributed by atoms with Gasteiger partial charge in [0.25, 0.3) is 0 Å². The van der Waals surface area contributed by atoms with Gasteiger partial charge in [0.2, 0.25) is 0 Å². The van der Waals surface area contributed by atoms with E-state index < -0.39 is 0 Å². The van der Waals surface area contributed by atoms with E-state index in [1.54, 1.807) is 0 Å². The Bertz CT molecular complexity index is 547. The van der Waals surface area contributed by atoms with E-state index in [0.29, 0.717) is 6.04 Å². The van der Waals surface area contributed by atoms with Crippen LogP contribution in [-0.4, -0.2) is 29.3 Å². The highest BCUT2D eigenvalue weighted by Crippen LogP contribution is 2.30. The maximum atomic E-state index is 5.76. The largest absolute Gasteiger partial charge is 0.367 e. The second-order valence-electron chi connectivity index (χ2n) is 5.17. The molecule has 0 amide bonds. The molecule has 1 aliphatic rings. The number of hydrogen-bond acceptors (Lipinski definition) is 4. The second-order valence-corrected chi connectivity index (χ2v) is 5.17. The molecular weight excluding hydrogens is 236 g/mol. The number of fused-ring (bicyclic) bond motifs is 1. The Morgan fingerprint density at radius 2 is 2.16 bits per heavy atom. The number of nitrogens with zero attached hydrogens (tertiary/aromatic N) is 3. The number of benzene rings is 1. The minimum absolute atomic E-state index is 0.548. The third-order valence-corrected chi connectivity index (χ3v) is 3.96. The molecule has 0 spiro atoms. The molecule has 1 aromatic carbocycles. The van der Waals surface area contributed by atoms with Crippen LogP contribution >= 0.6 is 0 Å². The summed E-state index contributed by atoms with van der Waals surface area (Å²) < 4.78 is 0. The van der Waals surface area contributed by atoms with E-state index in [2.05, 4.69) is 27.2 Å². The molecule has 0 bridgehead atoms. The van der Waals surface area contributed by atoms with E-state index in [9.17, 15) is 0 Å². The molecule has 0 aliphatic carbocycles. The Kier molecular flexibility index (Phi) is 3.60. The van der Waals surface area contributed by atoms with Crippen LogP contribution in [0.2, 0.25) is 0 Å². The van der Waals surface area contributed by atoms with Crippen LogP contribution in [0.3, 0.4) is 0 Å². The number of anilines is 1. The highest BCUT2D eigenvalue weighted by atomic mass is 15.2. The van der Waals surface area contributed by atoms with Gasteiger partial charge < -0.3 is 10.6 Å². The van der Waals surface area contributed by atoms with Crippen LogP contribution in [0.5, 0.6) is 0 Å². The van der Waals surface area contributed by atoms with Gasteiger partial charge in [-0.05, 0) is 38.3 Å². The van der Waals surface area contributed by atoms with Crippen LogP contribution in [0.15, 0.2) is 30.5 Å². The smallest absolute Gasteiger partial charge is 0.0950 e. The Balaban J connectivity index is 2.02. The molecule has 0 saturated carbocycles. The zero-order valence-corrected chi connectivity index (χ0v) is 11.1. The van der Waals surface area contributed by atoms with Gasteiger partial charge in [0.05, 0.1) is 17.4 Å². The molecule has 2 aromatic rings. The summed E-state index contributed by atoms with van der Waals surface area (Å²) >= 11 is 0. The Hall–Kier alpha value is -1.68. The summed E-state index contributed by atoms with van der Waals surface area (Å²) in [7, 11) is 0. The average molecular weight is 256 g/mol. The Morgan fingerprint density at radius 3 is 3.05 bits per heavy atom. The summed E-state index contributed by atoms with van der Waals surface area (Å²) in [4.78, 5) is 2.48. The lowest BCUT2D eigenvalue weighted by Gasteiger charge is -2.37. The number of nitrogens with two attached hydrogens (primary N) is 1. The summed E-state index contributed by atoms with van der Waals surface area (Å²) in [5, 5.41) is 9.56. The summed E-state index contributed by atoms with van der Waals surface area (Å²) in [6.45, 7) is 1.85. The molecule has 1 atom stereocenters. The molecule has 1 aromatic heterocycles. The summed E-state index contributed by atoms with van der Waals surface area (Å²) in [6, 6.07) is 8.77. The van der Waals surface area contributed by atoms with Gasteiger partial charge in [-0.25, -0.2) is 0 Å². The van der Waals surface area contributed by atoms with Gasteiger partial charge in [0, 0.05) is 18.0 Å². The zero-order chi connectivity index (χ0) is 13.1. The fraction of sp³-hybridized carbons (Fsp3) is 0.467. The molecule has 1 aliphatic heterocycles. The van der Waals surface area contributed by atoms with Crippen molar-refractivity contribution in [3.63, 3.8) is 0 Å². The highest BCUT2D eigenvalue weighted by Gasteiger charge is 2.23. The van der Waals surface area contributed by atoms with Crippen molar-refractivity contribution in [2.75, 3.05) is 18.0 Å². The van der Waals surface area contributed by atoms with Crippen LogP contribution in [0.4, 0.5) is 5.69 Å². The monoisotopic (exact) mass is 256 g/mol.